The molecule has 2 heterocycles. The lowest BCUT2D eigenvalue weighted by Gasteiger charge is -2.40. The van der Waals surface area contributed by atoms with Crippen molar-refractivity contribution in [3.05, 3.63) is 75.3 Å². The van der Waals surface area contributed by atoms with Gasteiger partial charge in [-0.15, -0.1) is 0 Å². The number of nitro benzene ring substituents is 1. The van der Waals surface area contributed by atoms with Crippen LogP contribution in [0.3, 0.4) is 0 Å². The summed E-state index contributed by atoms with van der Waals surface area (Å²) in [6.45, 7) is 0.274. The number of rotatable bonds is 9. The van der Waals surface area contributed by atoms with Crippen LogP contribution in [0, 0.1) is 22.0 Å². The minimum atomic E-state index is -0.616. The van der Waals surface area contributed by atoms with Gasteiger partial charge in [-0.2, -0.15) is 0 Å². The number of esters is 2. The van der Waals surface area contributed by atoms with Crippen LogP contribution in [0.4, 0.5) is 11.4 Å². The first-order chi connectivity index (χ1) is 21.2. The summed E-state index contributed by atoms with van der Waals surface area (Å²) in [6.07, 6.45) is 0. The van der Waals surface area contributed by atoms with Crippen molar-refractivity contribution in [3.63, 3.8) is 0 Å². The average Bonchev–Trinajstić information content (AvgIpc) is 3.62. The van der Waals surface area contributed by atoms with Gasteiger partial charge in [-0.05, 0) is 67.2 Å². The SMILES string of the molecule is COc1cc([C@@H]2c3cc4c(cc3[C@@H](Nc3ccc([N+](=O)[O-])cc3)[C@H]3COC(=O)[C@H]23)OCO4)cc(OC)c1OC(=O)CN(C)C. The van der Waals surface area contributed by atoms with E-state index >= 15 is 0 Å². The number of hydrogen-bond donors (Lipinski definition) is 1. The predicted molar refractivity (Wildman–Crippen MR) is 156 cm³/mol. The van der Waals surface area contributed by atoms with Crippen LogP contribution < -0.4 is 29.0 Å². The molecule has 1 fully saturated rings. The van der Waals surface area contributed by atoms with E-state index in [4.69, 9.17) is 28.4 Å². The van der Waals surface area contributed by atoms with E-state index in [0.717, 1.165) is 11.1 Å². The van der Waals surface area contributed by atoms with E-state index in [0.29, 0.717) is 22.7 Å². The monoisotopic (exact) mass is 605 g/mol. The van der Waals surface area contributed by atoms with Crippen LogP contribution in [0.2, 0.25) is 0 Å². The second-order valence-electron chi connectivity index (χ2n) is 11.0. The zero-order chi connectivity index (χ0) is 31.1. The summed E-state index contributed by atoms with van der Waals surface area (Å²) in [4.78, 5) is 38.4. The van der Waals surface area contributed by atoms with E-state index < -0.39 is 28.8 Å². The van der Waals surface area contributed by atoms with Gasteiger partial charge in [-0.25, -0.2) is 0 Å². The molecule has 13 heteroatoms. The maximum absolute atomic E-state index is 13.5. The van der Waals surface area contributed by atoms with Gasteiger partial charge in [-0.3, -0.25) is 24.6 Å². The number of fused-ring (bicyclic) bond motifs is 3. The quantitative estimate of drug-likeness (QED) is 0.163. The molecule has 1 saturated heterocycles. The average molecular weight is 606 g/mol. The Balaban J connectivity index is 1.47. The number of carbonyl (C=O) groups excluding carboxylic acids is 2. The number of cyclic esters (lactones) is 1. The third kappa shape index (κ3) is 5.19. The highest BCUT2D eigenvalue weighted by atomic mass is 16.7. The number of ether oxygens (including phenoxy) is 6. The van der Waals surface area contributed by atoms with Gasteiger partial charge in [0.1, 0.15) is 0 Å². The Kier molecular flexibility index (Phi) is 7.64. The number of nitro groups is 1. The minimum absolute atomic E-state index is 0.0287. The second kappa shape index (κ2) is 11.6. The Labute approximate surface area is 252 Å². The summed E-state index contributed by atoms with van der Waals surface area (Å²) in [5, 5.41) is 14.7. The molecule has 0 radical (unpaired) electrons. The molecule has 4 atom stereocenters. The molecule has 6 rings (SSSR count). The molecule has 0 amide bonds. The van der Waals surface area contributed by atoms with Gasteiger partial charge in [0.15, 0.2) is 23.0 Å². The Morgan fingerprint density at radius 1 is 1.00 bits per heavy atom. The van der Waals surface area contributed by atoms with Gasteiger partial charge in [0.2, 0.25) is 12.5 Å². The maximum atomic E-state index is 13.5. The highest BCUT2D eigenvalue weighted by Gasteiger charge is 2.52. The van der Waals surface area contributed by atoms with Crippen LogP contribution in [-0.2, 0) is 14.3 Å². The molecule has 1 aliphatic carbocycles. The van der Waals surface area contributed by atoms with E-state index in [1.165, 1.54) is 26.4 Å². The fraction of sp³-hybridized carbons (Fsp3) is 0.355. The molecule has 0 aromatic heterocycles. The standard InChI is InChI=1S/C31H31N3O10/c1-33(2)13-26(35)44-30-24(39-3)9-16(10-25(30)40-4)27-19-11-22-23(43-15-42-22)12-20(19)29(21-14-41-31(36)28(21)27)32-17-5-7-18(8-6-17)34(37)38/h5-12,21,27-29,32H,13-15H2,1-4H3/t21-,27+,28-,29+/m0/s1. The fourth-order valence-electron chi connectivity index (χ4n) is 6.19. The first kappa shape index (κ1) is 29.1. The minimum Gasteiger partial charge on any atom is -0.493 e. The Hall–Kier alpha value is -5.04. The predicted octanol–water partition coefficient (Wildman–Crippen LogP) is 3.90. The van der Waals surface area contributed by atoms with Crippen LogP contribution in [0.5, 0.6) is 28.7 Å². The number of hydrogen-bond acceptors (Lipinski definition) is 12. The smallest absolute Gasteiger partial charge is 0.325 e. The molecule has 1 N–H and O–H groups in total. The topological polar surface area (TPSA) is 148 Å². The molecule has 0 unspecified atom stereocenters. The van der Waals surface area contributed by atoms with Gasteiger partial charge >= 0.3 is 11.9 Å². The highest BCUT2D eigenvalue weighted by molar-refractivity contribution is 5.80. The van der Waals surface area contributed by atoms with Crippen LogP contribution in [0.15, 0.2) is 48.5 Å². The molecule has 2 aliphatic heterocycles. The molecular weight excluding hydrogens is 574 g/mol. The van der Waals surface area contributed by atoms with E-state index in [-0.39, 0.29) is 54.8 Å². The van der Waals surface area contributed by atoms with Gasteiger partial charge in [0.25, 0.3) is 5.69 Å². The van der Waals surface area contributed by atoms with Crippen LogP contribution in [0.1, 0.15) is 28.7 Å². The van der Waals surface area contributed by atoms with Crippen LogP contribution in [0.25, 0.3) is 0 Å². The van der Waals surface area contributed by atoms with Crippen molar-refractivity contribution in [3.8, 4) is 28.7 Å². The van der Waals surface area contributed by atoms with Gasteiger partial charge in [0, 0.05) is 29.7 Å². The van der Waals surface area contributed by atoms with E-state index in [9.17, 15) is 19.7 Å². The molecule has 3 aromatic carbocycles. The number of carbonyl (C=O) groups is 2. The molecule has 44 heavy (non-hydrogen) atoms. The lowest BCUT2D eigenvalue weighted by atomic mass is 9.65. The normalized spacial score (nSPS) is 21.2. The van der Waals surface area contributed by atoms with Crippen molar-refractivity contribution in [1.29, 1.82) is 0 Å². The summed E-state index contributed by atoms with van der Waals surface area (Å²) in [5.41, 5.74) is 2.97. The molecular formula is C31H31N3O10. The molecule has 0 bridgehead atoms. The van der Waals surface area contributed by atoms with Crippen LogP contribution in [-0.4, -0.2) is 70.0 Å². The molecule has 3 aromatic rings. The summed E-state index contributed by atoms with van der Waals surface area (Å²) in [5.74, 6) is -0.515. The maximum Gasteiger partial charge on any atom is 0.325 e. The first-order valence-electron chi connectivity index (χ1n) is 13.9. The molecule has 0 saturated carbocycles. The van der Waals surface area contributed by atoms with Crippen molar-refractivity contribution in [1.82, 2.24) is 4.90 Å². The number of nitrogens with zero attached hydrogens (tertiary/aromatic N) is 2. The molecule has 3 aliphatic rings. The van der Waals surface area contributed by atoms with Crippen molar-refractivity contribution >= 4 is 23.3 Å². The third-order valence-corrected chi connectivity index (χ3v) is 8.09. The van der Waals surface area contributed by atoms with E-state index in [1.807, 2.05) is 12.1 Å². The summed E-state index contributed by atoms with van der Waals surface area (Å²) >= 11 is 0. The second-order valence-corrected chi connectivity index (χ2v) is 11.0. The molecule has 13 nitrogen and oxygen atoms in total. The summed E-state index contributed by atoms with van der Waals surface area (Å²) in [6, 6.07) is 13.0. The largest absolute Gasteiger partial charge is 0.493 e. The molecule has 0 spiro atoms. The number of anilines is 1. The lowest BCUT2D eigenvalue weighted by Crippen LogP contribution is -2.37. The zero-order valence-electron chi connectivity index (χ0n) is 24.5. The fourth-order valence-corrected chi connectivity index (χ4v) is 6.19. The Bertz CT molecular complexity index is 1600. The summed E-state index contributed by atoms with van der Waals surface area (Å²) in [7, 11) is 6.44. The Morgan fingerprint density at radius 3 is 2.23 bits per heavy atom. The Morgan fingerprint density at radius 2 is 1.64 bits per heavy atom. The van der Waals surface area contributed by atoms with E-state index in [1.54, 1.807) is 43.3 Å². The first-order valence-corrected chi connectivity index (χ1v) is 13.9. The number of benzene rings is 3. The van der Waals surface area contributed by atoms with Gasteiger partial charge < -0.3 is 33.7 Å². The zero-order valence-corrected chi connectivity index (χ0v) is 24.5. The van der Waals surface area contributed by atoms with Crippen molar-refractivity contribution in [2.24, 2.45) is 11.8 Å². The van der Waals surface area contributed by atoms with Gasteiger partial charge in [-0.1, -0.05) is 0 Å². The van der Waals surface area contributed by atoms with Crippen molar-refractivity contribution in [2.45, 2.75) is 12.0 Å². The highest BCUT2D eigenvalue weighted by Crippen LogP contribution is 2.56. The van der Waals surface area contributed by atoms with E-state index in [2.05, 4.69) is 5.32 Å². The summed E-state index contributed by atoms with van der Waals surface area (Å²) < 4.78 is 34.1. The van der Waals surface area contributed by atoms with Crippen molar-refractivity contribution < 1.29 is 42.9 Å². The van der Waals surface area contributed by atoms with Crippen LogP contribution >= 0.6 is 0 Å². The number of likely N-dealkylation sites (N-methyl/N-ethyl adjacent to an activating group) is 1. The number of non-ortho nitro benzene ring substituents is 1. The lowest BCUT2D eigenvalue weighted by molar-refractivity contribution is -0.384. The molecule has 230 valence electrons. The number of nitrogens with one attached hydrogen (secondary N) is 1. The third-order valence-electron chi connectivity index (χ3n) is 8.09. The van der Waals surface area contributed by atoms with Gasteiger partial charge in [0.05, 0.1) is 44.3 Å². The number of methoxy groups -OCH3 is 2. The van der Waals surface area contributed by atoms with Crippen molar-refractivity contribution in [2.75, 3.05) is 53.6 Å².